The molecule has 5 aliphatic heterocycles. The average molecular weight is 974 g/mol. The lowest BCUT2D eigenvalue weighted by atomic mass is 9.47. The highest BCUT2D eigenvalue weighted by molar-refractivity contribution is 7.98. The van der Waals surface area contributed by atoms with Gasteiger partial charge in [-0.15, -0.1) is 11.8 Å². The highest BCUT2D eigenvalue weighted by atomic mass is 35.5. The SMILES string of the molecule is CC[C@]12C=CCN3CC[C@@]4(c5cc([C@@]6(C(=O)OC)CC7CC(C(C)(F)F)CN(Cc8c6[nH]c6ccc(SCc9ccc(Cl)cc9)cc86)C7)c(OC)cc5N(C)C4[C@@](O)(C(=O)OC)[C@@H]1OC(C)=O)C32. The smallest absolute Gasteiger partial charge is 0.344 e. The monoisotopic (exact) mass is 972 g/mol. The zero-order valence-electron chi connectivity index (χ0n) is 39.5. The van der Waals surface area contributed by atoms with Gasteiger partial charge >= 0.3 is 17.9 Å². The van der Waals surface area contributed by atoms with Crippen molar-refractivity contribution in [3.05, 3.63) is 99.7 Å². The number of hydrogen-bond acceptors (Lipinski definition) is 12. The standard InChI is InChI=1S/C52H59ClF2N4O8S/c1-8-49-16-9-18-59-19-17-50(43(49)59)37-22-38(41(64-5)23-40(37)57(4)44(50)52(63,47(62)66-7)45(49)67-29(2)60)51(46(61)65-6)24-31-20-32(48(3,54)55)26-58(25-31)27-36-35-21-34(14-15-39(35)56-42(36)51)68-28-30-10-12-33(53)13-11-30/h9-16,21-23,31-32,43-45,56,63H,8,17-20,24-28H2,1-7H3/t31?,32?,43?,44?,45-,49-,50-,51+,52+/m1/s1. The van der Waals surface area contributed by atoms with E-state index < -0.39 is 63.7 Å². The van der Waals surface area contributed by atoms with Crippen LogP contribution in [0.1, 0.15) is 74.4 Å². The summed E-state index contributed by atoms with van der Waals surface area (Å²) in [4.78, 5) is 54.2. The fourth-order valence-corrected chi connectivity index (χ4v) is 15.1. The predicted molar refractivity (Wildman–Crippen MR) is 255 cm³/mol. The molecule has 5 unspecified atom stereocenters. The Morgan fingerprint density at radius 1 is 1.00 bits per heavy atom. The number of esters is 3. The summed E-state index contributed by atoms with van der Waals surface area (Å²) in [5, 5.41) is 14.9. The fourth-order valence-electron chi connectivity index (χ4n) is 14.1. The molecule has 2 saturated heterocycles. The van der Waals surface area contributed by atoms with E-state index in [4.69, 9.17) is 30.5 Å². The molecule has 1 aromatic heterocycles. The number of aromatic nitrogens is 1. The summed E-state index contributed by atoms with van der Waals surface area (Å²) < 4.78 is 55.2. The Kier molecular flexibility index (Phi) is 11.6. The van der Waals surface area contributed by atoms with Crippen LogP contribution in [0.25, 0.3) is 10.9 Å². The molecule has 4 aromatic rings. The van der Waals surface area contributed by atoms with Crippen molar-refractivity contribution in [2.75, 3.05) is 59.5 Å². The lowest BCUT2D eigenvalue weighted by molar-refractivity contribution is -0.228. The Morgan fingerprint density at radius 2 is 1.75 bits per heavy atom. The fraction of sp³-hybridized carbons (Fsp3) is 0.519. The number of methoxy groups -OCH3 is 3. The van der Waals surface area contributed by atoms with Crippen molar-refractivity contribution in [1.82, 2.24) is 14.8 Å². The minimum absolute atomic E-state index is 0.125. The molecule has 0 amide bonds. The van der Waals surface area contributed by atoms with Gasteiger partial charge in [0, 0.05) is 113 Å². The normalized spacial score (nSPS) is 32.6. The van der Waals surface area contributed by atoms with Gasteiger partial charge in [0.1, 0.15) is 11.2 Å². The van der Waals surface area contributed by atoms with Gasteiger partial charge in [-0.1, -0.05) is 42.8 Å². The number of aromatic amines is 1. The third kappa shape index (κ3) is 6.71. The average Bonchev–Trinajstić information content (AvgIpc) is 3.97. The van der Waals surface area contributed by atoms with Gasteiger partial charge in [0.05, 0.1) is 27.4 Å². The van der Waals surface area contributed by atoms with E-state index in [-0.39, 0.29) is 31.3 Å². The van der Waals surface area contributed by atoms with Crippen molar-refractivity contribution in [1.29, 1.82) is 0 Å². The van der Waals surface area contributed by atoms with E-state index in [1.807, 2.05) is 79.6 Å². The molecule has 12 nitrogen and oxygen atoms in total. The first-order valence-corrected chi connectivity index (χ1v) is 24.8. The quantitative estimate of drug-likeness (QED) is 0.0690. The van der Waals surface area contributed by atoms with Gasteiger partial charge in [0.2, 0.25) is 11.5 Å². The zero-order valence-corrected chi connectivity index (χ0v) is 41.1. The molecule has 6 aliphatic rings. The third-order valence-corrected chi connectivity index (χ3v) is 18.0. The second kappa shape index (κ2) is 16.7. The molecule has 1 aliphatic carbocycles. The molecule has 1 saturated carbocycles. The Balaban J connectivity index is 1.23. The molecular formula is C52H59ClF2N4O8S. The minimum atomic E-state index is -2.97. The summed E-state index contributed by atoms with van der Waals surface area (Å²) in [5.41, 5.74) is -0.781. The summed E-state index contributed by atoms with van der Waals surface area (Å²) in [5.74, 6) is -5.39. The van der Waals surface area contributed by atoms with E-state index in [2.05, 4.69) is 20.9 Å². The number of carbonyl (C=O) groups excluding carboxylic acids is 3. The zero-order chi connectivity index (χ0) is 48.3. The number of alkyl halides is 2. The molecule has 362 valence electrons. The first kappa shape index (κ1) is 47.0. The molecule has 3 fully saturated rings. The molecule has 10 rings (SSSR count). The summed E-state index contributed by atoms with van der Waals surface area (Å²) in [6.45, 7) is 6.43. The number of anilines is 1. The summed E-state index contributed by atoms with van der Waals surface area (Å²) >= 11 is 7.85. The molecule has 1 spiro atoms. The van der Waals surface area contributed by atoms with E-state index >= 15 is 13.6 Å². The second-order valence-electron chi connectivity index (χ2n) is 20.1. The molecular weight excluding hydrogens is 914 g/mol. The van der Waals surface area contributed by atoms with E-state index in [0.717, 1.165) is 39.4 Å². The number of nitrogens with one attached hydrogen (secondary N) is 1. The molecule has 2 N–H and O–H groups in total. The van der Waals surface area contributed by atoms with Crippen LogP contribution in [-0.2, 0) is 51.7 Å². The number of hydrogen-bond donors (Lipinski definition) is 2. The van der Waals surface area contributed by atoms with Crippen molar-refractivity contribution in [3.63, 3.8) is 0 Å². The number of aliphatic hydroxyl groups is 1. The lowest BCUT2D eigenvalue weighted by Gasteiger charge is -2.63. The third-order valence-electron chi connectivity index (χ3n) is 16.7. The van der Waals surface area contributed by atoms with Crippen LogP contribution in [0.15, 0.2) is 71.6 Å². The van der Waals surface area contributed by atoms with Crippen LogP contribution in [0.3, 0.4) is 0 Å². The first-order valence-electron chi connectivity index (χ1n) is 23.5. The maximum absolute atomic E-state index is 15.6. The van der Waals surface area contributed by atoms with Gasteiger partial charge in [-0.05, 0) is 98.2 Å². The van der Waals surface area contributed by atoms with Crippen molar-refractivity contribution < 1.29 is 47.2 Å². The van der Waals surface area contributed by atoms with Gasteiger partial charge in [-0.3, -0.25) is 19.4 Å². The lowest BCUT2D eigenvalue weighted by Crippen LogP contribution is -2.81. The predicted octanol–water partition coefficient (Wildman–Crippen LogP) is 8.02. The maximum Gasteiger partial charge on any atom is 0.344 e. The van der Waals surface area contributed by atoms with Crippen LogP contribution >= 0.6 is 23.4 Å². The molecule has 0 radical (unpaired) electrons. The Hall–Kier alpha value is -4.67. The number of fused-ring (bicyclic) bond motifs is 6. The number of ether oxygens (including phenoxy) is 4. The summed E-state index contributed by atoms with van der Waals surface area (Å²) in [7, 11) is 5.95. The van der Waals surface area contributed by atoms with Crippen molar-refractivity contribution in [2.45, 2.75) is 104 Å². The number of thioether (sulfide) groups is 1. The van der Waals surface area contributed by atoms with Crippen molar-refractivity contribution in [2.24, 2.45) is 17.3 Å². The number of rotatable bonds is 10. The number of nitrogens with zero attached hydrogens (tertiary/aromatic N) is 3. The van der Waals surface area contributed by atoms with Crippen LogP contribution in [-0.4, -0.2) is 122 Å². The minimum Gasteiger partial charge on any atom is -0.496 e. The number of benzene rings is 3. The van der Waals surface area contributed by atoms with Crippen LogP contribution < -0.4 is 9.64 Å². The Bertz CT molecular complexity index is 2730. The summed E-state index contributed by atoms with van der Waals surface area (Å²) in [6, 6.07) is 16.4. The van der Waals surface area contributed by atoms with Gasteiger partial charge in [-0.25, -0.2) is 13.6 Å². The highest BCUT2D eigenvalue weighted by Gasteiger charge is 2.80. The van der Waals surface area contributed by atoms with Crippen molar-refractivity contribution in [3.8, 4) is 5.75 Å². The van der Waals surface area contributed by atoms with Crippen LogP contribution in [0, 0.1) is 17.3 Å². The Morgan fingerprint density at radius 3 is 2.43 bits per heavy atom. The van der Waals surface area contributed by atoms with Gasteiger partial charge < -0.3 is 33.9 Å². The van der Waals surface area contributed by atoms with Crippen LogP contribution in [0.5, 0.6) is 5.75 Å². The molecule has 10 atom stereocenters. The largest absolute Gasteiger partial charge is 0.496 e. The van der Waals surface area contributed by atoms with E-state index in [9.17, 15) is 14.7 Å². The number of halogens is 3. The van der Waals surface area contributed by atoms with Crippen LogP contribution in [0.2, 0.25) is 5.02 Å². The number of carbonyl (C=O) groups is 3. The van der Waals surface area contributed by atoms with E-state index in [1.54, 1.807) is 18.9 Å². The van der Waals surface area contributed by atoms with Gasteiger partial charge in [0.15, 0.2) is 6.10 Å². The maximum atomic E-state index is 15.6. The molecule has 16 heteroatoms. The van der Waals surface area contributed by atoms with E-state index in [1.165, 1.54) is 21.1 Å². The summed E-state index contributed by atoms with van der Waals surface area (Å²) in [6.07, 6.45) is 3.94. The number of likely N-dealkylation sites (N-methyl/N-ethyl adjacent to an activating group) is 1. The van der Waals surface area contributed by atoms with Gasteiger partial charge in [0.25, 0.3) is 0 Å². The van der Waals surface area contributed by atoms with Crippen LogP contribution in [0.4, 0.5) is 14.5 Å². The topological polar surface area (TPSA) is 134 Å². The molecule has 2 bridgehead atoms. The van der Waals surface area contributed by atoms with Gasteiger partial charge in [-0.2, -0.15) is 0 Å². The second-order valence-corrected chi connectivity index (χ2v) is 21.6. The van der Waals surface area contributed by atoms with Crippen molar-refractivity contribution >= 4 is 57.9 Å². The number of H-pyrrole nitrogens is 1. The molecule has 6 heterocycles. The van der Waals surface area contributed by atoms with E-state index in [0.29, 0.717) is 72.5 Å². The first-order chi connectivity index (χ1) is 32.4. The highest BCUT2D eigenvalue weighted by Crippen LogP contribution is 2.68. The Labute approximate surface area is 404 Å². The molecule has 3 aromatic carbocycles. The number of piperidine rings is 1. The molecule has 68 heavy (non-hydrogen) atoms.